The van der Waals surface area contributed by atoms with Crippen LogP contribution in [0.25, 0.3) is 0 Å². The van der Waals surface area contributed by atoms with Crippen molar-refractivity contribution in [3.63, 3.8) is 0 Å². The van der Waals surface area contributed by atoms with E-state index in [0.29, 0.717) is 23.7 Å². The van der Waals surface area contributed by atoms with Gasteiger partial charge in [-0.2, -0.15) is 9.41 Å². The van der Waals surface area contributed by atoms with Crippen LogP contribution >= 0.6 is 0 Å². The molecule has 168 valence electrons. The van der Waals surface area contributed by atoms with Crippen LogP contribution < -0.4 is 10.2 Å². The van der Waals surface area contributed by atoms with Gasteiger partial charge in [0.15, 0.2) is 11.5 Å². The van der Waals surface area contributed by atoms with Crippen LogP contribution in [-0.2, 0) is 21.4 Å². The van der Waals surface area contributed by atoms with E-state index in [2.05, 4.69) is 10.5 Å². The fourth-order valence-corrected chi connectivity index (χ4v) is 4.18. The number of furan rings is 1. The quantitative estimate of drug-likeness (QED) is 0.357. The van der Waals surface area contributed by atoms with Crippen LogP contribution in [0.5, 0.6) is 11.5 Å². The molecule has 0 spiro atoms. The first-order valence-corrected chi connectivity index (χ1v) is 11.2. The summed E-state index contributed by atoms with van der Waals surface area (Å²) in [5, 5.41) is 13.6. The van der Waals surface area contributed by atoms with Crippen molar-refractivity contribution in [3.8, 4) is 11.5 Å². The second-order valence-electron chi connectivity index (χ2n) is 6.62. The van der Waals surface area contributed by atoms with Crippen LogP contribution in [-0.4, -0.2) is 43.1 Å². The van der Waals surface area contributed by atoms with E-state index in [-0.39, 0.29) is 17.2 Å². The molecule has 0 aliphatic rings. The Morgan fingerprint density at radius 3 is 2.66 bits per heavy atom. The van der Waals surface area contributed by atoms with Crippen LogP contribution in [0.15, 0.2) is 81.3 Å². The van der Waals surface area contributed by atoms with Crippen molar-refractivity contribution in [1.29, 1.82) is 0 Å². The molecule has 3 aromatic rings. The molecule has 1 heterocycles. The highest BCUT2D eigenvalue weighted by Gasteiger charge is 2.27. The highest BCUT2D eigenvalue weighted by Crippen LogP contribution is 2.26. The molecule has 0 bridgehead atoms. The lowest BCUT2D eigenvalue weighted by Crippen LogP contribution is -2.38. The van der Waals surface area contributed by atoms with Gasteiger partial charge in [0.05, 0.1) is 37.1 Å². The Hall–Kier alpha value is -3.63. The second kappa shape index (κ2) is 10.6. The number of benzene rings is 2. The number of nitrogens with zero attached hydrogens (tertiary/aromatic N) is 2. The lowest BCUT2D eigenvalue weighted by Gasteiger charge is -2.20. The molecule has 0 saturated heterocycles. The summed E-state index contributed by atoms with van der Waals surface area (Å²) in [5.41, 5.74) is 2.90. The van der Waals surface area contributed by atoms with Crippen molar-refractivity contribution < 1.29 is 27.5 Å². The molecule has 0 atom stereocenters. The molecule has 32 heavy (non-hydrogen) atoms. The Balaban J connectivity index is 1.71. The summed E-state index contributed by atoms with van der Waals surface area (Å²) in [6.45, 7) is 1.59. The van der Waals surface area contributed by atoms with Crippen molar-refractivity contribution in [2.45, 2.75) is 18.4 Å². The van der Waals surface area contributed by atoms with Gasteiger partial charge in [-0.15, -0.1) is 0 Å². The largest absolute Gasteiger partial charge is 0.504 e. The van der Waals surface area contributed by atoms with Crippen LogP contribution in [0.2, 0.25) is 0 Å². The van der Waals surface area contributed by atoms with Crippen molar-refractivity contribution in [1.82, 2.24) is 9.73 Å². The fraction of sp³-hybridized carbons (Fsp3) is 0.182. The molecule has 0 unspecified atom stereocenters. The minimum Gasteiger partial charge on any atom is -0.504 e. The zero-order valence-corrected chi connectivity index (χ0v) is 18.2. The fourth-order valence-electron chi connectivity index (χ4n) is 2.80. The molecule has 2 aromatic carbocycles. The molecule has 1 amide bonds. The molecule has 2 N–H and O–H groups in total. The first-order valence-electron chi connectivity index (χ1n) is 9.75. The molecule has 1 aromatic heterocycles. The number of hydrazone groups is 1. The normalized spacial score (nSPS) is 11.7. The number of amides is 1. The summed E-state index contributed by atoms with van der Waals surface area (Å²) in [5.74, 6) is 0.0542. The lowest BCUT2D eigenvalue weighted by molar-refractivity contribution is -0.121. The minimum atomic E-state index is -3.95. The average Bonchev–Trinajstić information content (AvgIpc) is 3.29. The number of hydrogen-bond donors (Lipinski definition) is 2. The third-order valence-corrected chi connectivity index (χ3v) is 6.11. The first-order chi connectivity index (χ1) is 15.4. The van der Waals surface area contributed by atoms with E-state index in [4.69, 9.17) is 9.15 Å². The van der Waals surface area contributed by atoms with Gasteiger partial charge in [0.1, 0.15) is 5.76 Å². The van der Waals surface area contributed by atoms with Crippen molar-refractivity contribution >= 4 is 22.1 Å². The summed E-state index contributed by atoms with van der Waals surface area (Å²) in [6, 6.07) is 15.7. The van der Waals surface area contributed by atoms with Crippen molar-refractivity contribution in [3.05, 3.63) is 78.3 Å². The van der Waals surface area contributed by atoms with Crippen LogP contribution in [0.3, 0.4) is 0 Å². The van der Waals surface area contributed by atoms with Gasteiger partial charge in [0.25, 0.3) is 5.91 Å². The number of carbonyl (C=O) groups is 1. The average molecular weight is 458 g/mol. The van der Waals surface area contributed by atoms with Gasteiger partial charge in [0.2, 0.25) is 10.0 Å². The van der Waals surface area contributed by atoms with Crippen LogP contribution in [0, 0.1) is 0 Å². The highest BCUT2D eigenvalue weighted by molar-refractivity contribution is 7.89. The van der Waals surface area contributed by atoms with Crippen molar-refractivity contribution in [2.75, 3.05) is 13.2 Å². The Morgan fingerprint density at radius 2 is 1.97 bits per heavy atom. The number of nitrogens with one attached hydrogen (secondary N) is 1. The van der Waals surface area contributed by atoms with E-state index < -0.39 is 22.5 Å². The summed E-state index contributed by atoms with van der Waals surface area (Å²) in [6.07, 6.45) is 2.80. The molecule has 0 saturated carbocycles. The van der Waals surface area contributed by atoms with Crippen LogP contribution in [0.1, 0.15) is 18.2 Å². The predicted octanol–water partition coefficient (Wildman–Crippen LogP) is 2.73. The Morgan fingerprint density at radius 1 is 1.19 bits per heavy atom. The molecule has 3 rings (SSSR count). The SMILES string of the molecule is CCOc1cc(/C=N\NC(=O)CN(Cc2ccco2)S(=O)(=O)c2ccccc2)ccc1O. The van der Waals surface area contributed by atoms with Gasteiger partial charge in [-0.05, 0) is 55.0 Å². The maximum atomic E-state index is 13.0. The summed E-state index contributed by atoms with van der Waals surface area (Å²) < 4.78 is 37.7. The van der Waals surface area contributed by atoms with E-state index >= 15 is 0 Å². The molecule has 0 aliphatic carbocycles. The van der Waals surface area contributed by atoms with E-state index in [9.17, 15) is 18.3 Å². The molecule has 0 aliphatic heterocycles. The number of aromatic hydroxyl groups is 1. The zero-order valence-electron chi connectivity index (χ0n) is 17.3. The number of ether oxygens (including phenoxy) is 1. The maximum Gasteiger partial charge on any atom is 0.255 e. The molecule has 0 radical (unpaired) electrons. The highest BCUT2D eigenvalue weighted by atomic mass is 32.2. The number of sulfonamides is 1. The Labute approximate surface area is 186 Å². The third-order valence-electron chi connectivity index (χ3n) is 4.30. The monoisotopic (exact) mass is 457 g/mol. The molecule has 10 heteroatoms. The molecular weight excluding hydrogens is 434 g/mol. The minimum absolute atomic E-state index is 0.00674. The standard InChI is InChI=1S/C22H23N3O6S/c1-2-30-21-13-17(10-11-20(21)26)14-23-24-22(27)16-25(15-18-7-6-12-31-18)32(28,29)19-8-4-3-5-9-19/h3-14,26H,2,15-16H2,1H3,(H,24,27)/b23-14-. The number of phenolic OH excluding ortho intramolecular Hbond substituents is 1. The molecule has 9 nitrogen and oxygen atoms in total. The maximum absolute atomic E-state index is 13.0. The number of rotatable bonds is 10. The van der Waals surface area contributed by atoms with Gasteiger partial charge in [-0.25, -0.2) is 13.8 Å². The van der Waals surface area contributed by atoms with Gasteiger partial charge < -0.3 is 14.3 Å². The van der Waals surface area contributed by atoms with Crippen molar-refractivity contribution in [2.24, 2.45) is 5.10 Å². The van der Waals surface area contributed by atoms with Crippen LogP contribution in [0.4, 0.5) is 0 Å². The summed E-state index contributed by atoms with van der Waals surface area (Å²) in [7, 11) is -3.95. The van der Waals surface area contributed by atoms with Gasteiger partial charge >= 0.3 is 0 Å². The van der Waals surface area contributed by atoms with E-state index in [0.717, 1.165) is 4.31 Å². The van der Waals surface area contributed by atoms with Gasteiger partial charge in [0, 0.05) is 0 Å². The third kappa shape index (κ3) is 5.96. The summed E-state index contributed by atoms with van der Waals surface area (Å²) >= 11 is 0. The zero-order chi connectivity index (χ0) is 23.0. The van der Waals surface area contributed by atoms with E-state index in [1.54, 1.807) is 49.4 Å². The Bertz CT molecular complexity index is 1160. The number of phenols is 1. The molecule has 0 fully saturated rings. The van der Waals surface area contributed by atoms with E-state index in [1.165, 1.54) is 30.7 Å². The predicted molar refractivity (Wildman–Crippen MR) is 118 cm³/mol. The Kier molecular flexibility index (Phi) is 7.63. The van der Waals surface area contributed by atoms with Gasteiger partial charge in [-0.3, -0.25) is 4.79 Å². The number of hydrogen-bond acceptors (Lipinski definition) is 7. The molecular formula is C22H23N3O6S. The second-order valence-corrected chi connectivity index (χ2v) is 8.56. The lowest BCUT2D eigenvalue weighted by atomic mass is 10.2. The number of carbonyl (C=O) groups excluding carboxylic acids is 1. The van der Waals surface area contributed by atoms with Gasteiger partial charge in [-0.1, -0.05) is 18.2 Å². The smallest absolute Gasteiger partial charge is 0.255 e. The van der Waals surface area contributed by atoms with E-state index in [1.807, 2.05) is 0 Å². The topological polar surface area (TPSA) is 121 Å². The summed E-state index contributed by atoms with van der Waals surface area (Å²) in [4.78, 5) is 12.5. The first kappa shape index (κ1) is 23.0.